The highest BCUT2D eigenvalue weighted by Crippen LogP contribution is 2.31. The molecule has 3 amide bonds. The molecule has 22 heavy (non-hydrogen) atoms. The number of rotatable bonds is 3. The van der Waals surface area contributed by atoms with Crippen LogP contribution in [0, 0.1) is 0 Å². The van der Waals surface area contributed by atoms with Gasteiger partial charge in [0.2, 0.25) is 0 Å². The van der Waals surface area contributed by atoms with Gasteiger partial charge in [-0.1, -0.05) is 11.6 Å². The van der Waals surface area contributed by atoms with E-state index in [1.54, 1.807) is 25.3 Å². The van der Waals surface area contributed by atoms with Crippen LogP contribution in [0.4, 0.5) is 4.79 Å². The fourth-order valence-corrected chi connectivity index (χ4v) is 3.11. The zero-order valence-corrected chi connectivity index (χ0v) is 13.0. The van der Waals surface area contributed by atoms with Crippen LogP contribution >= 0.6 is 11.6 Å². The van der Waals surface area contributed by atoms with E-state index in [0.29, 0.717) is 42.4 Å². The molecule has 0 bridgehead atoms. The molecule has 0 atom stereocenters. The molecule has 3 rings (SSSR count). The number of hydrogen-bond acceptors (Lipinski definition) is 4. The van der Waals surface area contributed by atoms with Crippen molar-refractivity contribution in [1.29, 1.82) is 0 Å². The lowest BCUT2D eigenvalue weighted by Crippen LogP contribution is -2.51. The molecular formula is C15H17ClN2O4. The van der Waals surface area contributed by atoms with Gasteiger partial charge in [-0.15, -0.1) is 0 Å². The van der Waals surface area contributed by atoms with Gasteiger partial charge in [0.15, 0.2) is 0 Å². The van der Waals surface area contributed by atoms with Crippen molar-refractivity contribution in [3.63, 3.8) is 0 Å². The van der Waals surface area contributed by atoms with Crippen LogP contribution in [0.15, 0.2) is 18.2 Å². The van der Waals surface area contributed by atoms with Crippen molar-refractivity contribution in [2.75, 3.05) is 20.3 Å². The van der Waals surface area contributed by atoms with Gasteiger partial charge in [0.05, 0.1) is 13.7 Å². The maximum Gasteiger partial charge on any atom is 0.325 e. The van der Waals surface area contributed by atoms with Gasteiger partial charge in [0.25, 0.3) is 5.91 Å². The number of amides is 3. The summed E-state index contributed by atoms with van der Waals surface area (Å²) in [5, 5.41) is 3.36. The van der Waals surface area contributed by atoms with Gasteiger partial charge >= 0.3 is 6.03 Å². The zero-order chi connectivity index (χ0) is 15.7. The molecule has 0 aliphatic carbocycles. The number of carbonyl (C=O) groups is 2. The van der Waals surface area contributed by atoms with Gasteiger partial charge in [-0.2, -0.15) is 0 Å². The molecule has 1 spiro atoms. The highest BCUT2D eigenvalue weighted by Gasteiger charge is 2.51. The van der Waals surface area contributed by atoms with Crippen molar-refractivity contribution < 1.29 is 19.1 Å². The first-order chi connectivity index (χ1) is 10.6. The first-order valence-electron chi connectivity index (χ1n) is 7.10. The van der Waals surface area contributed by atoms with Crippen molar-refractivity contribution in [1.82, 2.24) is 10.2 Å². The predicted molar refractivity (Wildman–Crippen MR) is 79.9 cm³/mol. The van der Waals surface area contributed by atoms with Crippen LogP contribution < -0.4 is 10.1 Å². The molecule has 0 unspecified atom stereocenters. The maximum absolute atomic E-state index is 12.7. The van der Waals surface area contributed by atoms with Crippen LogP contribution in [0.25, 0.3) is 0 Å². The molecule has 2 aliphatic heterocycles. The van der Waals surface area contributed by atoms with Crippen LogP contribution in [0.1, 0.15) is 18.4 Å². The first kappa shape index (κ1) is 15.1. The largest absolute Gasteiger partial charge is 0.496 e. The van der Waals surface area contributed by atoms with E-state index in [1.165, 1.54) is 4.90 Å². The molecule has 1 aromatic carbocycles. The number of halogens is 1. The lowest BCUT2D eigenvalue weighted by Gasteiger charge is -2.30. The number of ether oxygens (including phenoxy) is 2. The van der Waals surface area contributed by atoms with Gasteiger partial charge < -0.3 is 14.8 Å². The third-order valence-electron chi connectivity index (χ3n) is 4.16. The summed E-state index contributed by atoms with van der Waals surface area (Å²) in [6.07, 6.45) is 1.00. The summed E-state index contributed by atoms with van der Waals surface area (Å²) >= 11 is 6.00. The summed E-state index contributed by atoms with van der Waals surface area (Å²) in [5.74, 6) is 0.390. The lowest BCUT2D eigenvalue weighted by atomic mass is 9.90. The summed E-state index contributed by atoms with van der Waals surface area (Å²) in [6, 6.07) is 4.75. The third-order valence-corrected chi connectivity index (χ3v) is 4.40. The van der Waals surface area contributed by atoms with Crippen LogP contribution in [0.2, 0.25) is 5.02 Å². The van der Waals surface area contributed by atoms with Crippen LogP contribution in [0.3, 0.4) is 0 Å². The topological polar surface area (TPSA) is 67.9 Å². The van der Waals surface area contributed by atoms with E-state index in [1.807, 2.05) is 0 Å². The molecule has 7 heteroatoms. The molecule has 1 aromatic rings. The Labute approximate surface area is 133 Å². The molecule has 2 fully saturated rings. The highest BCUT2D eigenvalue weighted by molar-refractivity contribution is 6.30. The molecule has 0 aromatic heterocycles. The number of urea groups is 1. The maximum atomic E-state index is 12.7. The standard InChI is InChI=1S/C15H17ClN2O4/c1-21-12-3-2-11(16)8-10(12)9-18-13(19)15(17-14(18)20)4-6-22-7-5-15/h2-3,8H,4-7,9H2,1H3,(H,17,20). The molecule has 0 radical (unpaired) electrons. The molecular weight excluding hydrogens is 308 g/mol. The number of methoxy groups -OCH3 is 1. The minimum absolute atomic E-state index is 0.136. The number of hydrogen-bond donors (Lipinski definition) is 1. The Morgan fingerprint density at radius 1 is 1.36 bits per heavy atom. The Morgan fingerprint density at radius 3 is 2.77 bits per heavy atom. The Morgan fingerprint density at radius 2 is 2.09 bits per heavy atom. The molecule has 2 aliphatic rings. The van der Waals surface area contributed by atoms with E-state index in [2.05, 4.69) is 5.32 Å². The van der Waals surface area contributed by atoms with Crippen LogP contribution in [0.5, 0.6) is 5.75 Å². The summed E-state index contributed by atoms with van der Waals surface area (Å²) in [7, 11) is 1.54. The first-order valence-corrected chi connectivity index (χ1v) is 7.48. The van der Waals surface area contributed by atoms with Gasteiger partial charge in [0, 0.05) is 36.6 Å². The van der Waals surface area contributed by atoms with Crippen molar-refractivity contribution in [3.05, 3.63) is 28.8 Å². The Balaban J connectivity index is 1.85. The number of nitrogens with one attached hydrogen (secondary N) is 1. The number of nitrogens with zero attached hydrogens (tertiary/aromatic N) is 1. The quantitative estimate of drug-likeness (QED) is 0.863. The minimum atomic E-state index is -0.818. The smallest absolute Gasteiger partial charge is 0.325 e. The molecule has 0 saturated carbocycles. The van der Waals surface area contributed by atoms with Crippen molar-refractivity contribution in [2.45, 2.75) is 24.9 Å². The molecule has 118 valence electrons. The van der Waals surface area contributed by atoms with Crippen molar-refractivity contribution in [3.8, 4) is 5.75 Å². The highest BCUT2D eigenvalue weighted by atomic mass is 35.5. The van der Waals surface area contributed by atoms with Crippen LogP contribution in [-0.4, -0.2) is 42.7 Å². The number of carbonyl (C=O) groups excluding carboxylic acids is 2. The normalized spacial score (nSPS) is 20.4. The summed E-state index contributed by atoms with van der Waals surface area (Å²) in [6.45, 7) is 1.08. The fourth-order valence-electron chi connectivity index (χ4n) is 2.92. The summed E-state index contributed by atoms with van der Waals surface area (Å²) in [4.78, 5) is 26.1. The van der Waals surface area contributed by atoms with E-state index in [9.17, 15) is 9.59 Å². The second kappa shape index (κ2) is 5.78. The predicted octanol–water partition coefficient (Wildman–Crippen LogP) is 1.95. The number of benzene rings is 1. The van der Waals surface area contributed by atoms with E-state index in [-0.39, 0.29) is 18.5 Å². The van der Waals surface area contributed by atoms with Gasteiger partial charge in [-0.05, 0) is 18.2 Å². The van der Waals surface area contributed by atoms with Gasteiger partial charge in [-0.25, -0.2) is 4.79 Å². The van der Waals surface area contributed by atoms with Gasteiger partial charge in [-0.3, -0.25) is 9.69 Å². The molecule has 2 saturated heterocycles. The molecule has 2 heterocycles. The van der Waals surface area contributed by atoms with Gasteiger partial charge in [0.1, 0.15) is 11.3 Å². The van der Waals surface area contributed by atoms with E-state index in [0.717, 1.165) is 0 Å². The summed E-state index contributed by atoms with van der Waals surface area (Å²) in [5.41, 5.74) is -0.121. The average molecular weight is 325 g/mol. The third kappa shape index (κ3) is 2.53. The fraction of sp³-hybridized carbons (Fsp3) is 0.467. The van der Waals surface area contributed by atoms with E-state index < -0.39 is 5.54 Å². The Kier molecular flexibility index (Phi) is 3.97. The second-order valence-electron chi connectivity index (χ2n) is 5.47. The average Bonchev–Trinajstić information content (AvgIpc) is 2.73. The monoisotopic (exact) mass is 324 g/mol. The number of imide groups is 1. The van der Waals surface area contributed by atoms with Crippen LogP contribution in [-0.2, 0) is 16.1 Å². The molecule has 6 nitrogen and oxygen atoms in total. The lowest BCUT2D eigenvalue weighted by molar-refractivity contribution is -0.134. The summed E-state index contributed by atoms with van der Waals surface area (Å²) < 4.78 is 10.6. The van der Waals surface area contributed by atoms with Crippen molar-refractivity contribution >= 4 is 23.5 Å². The molecule has 1 N–H and O–H groups in total. The second-order valence-corrected chi connectivity index (χ2v) is 5.91. The van der Waals surface area contributed by atoms with E-state index >= 15 is 0 Å². The Hall–Kier alpha value is -1.79. The van der Waals surface area contributed by atoms with Crippen molar-refractivity contribution in [2.24, 2.45) is 0 Å². The van der Waals surface area contributed by atoms with E-state index in [4.69, 9.17) is 21.1 Å². The minimum Gasteiger partial charge on any atom is -0.496 e. The Bertz CT molecular complexity index is 614. The SMILES string of the molecule is COc1ccc(Cl)cc1CN1C(=O)NC2(CCOCC2)C1=O. The zero-order valence-electron chi connectivity index (χ0n) is 12.2.